The first-order valence-electron chi connectivity index (χ1n) is 10.3. The molecule has 0 aromatic heterocycles. The van der Waals surface area contributed by atoms with Crippen LogP contribution >= 0.6 is 15.9 Å². The third-order valence-electron chi connectivity index (χ3n) is 6.20. The molecular weight excluding hydrogens is 450 g/mol. The fourth-order valence-electron chi connectivity index (χ4n) is 4.63. The second kappa shape index (κ2) is 8.02. The van der Waals surface area contributed by atoms with Crippen LogP contribution in [0.3, 0.4) is 0 Å². The molecule has 8 heteroatoms. The topological polar surface area (TPSA) is 64.7 Å². The lowest BCUT2D eigenvalue weighted by Gasteiger charge is -2.32. The number of ether oxygens (including phenoxy) is 2. The number of carbonyl (C=O) groups excluding carboxylic acids is 2. The molecular formula is C22H24BrN3O4+2. The van der Waals surface area contributed by atoms with E-state index in [0.717, 1.165) is 48.7 Å². The summed E-state index contributed by atoms with van der Waals surface area (Å²) < 4.78 is 11.7. The van der Waals surface area contributed by atoms with Crippen LogP contribution in [0.1, 0.15) is 12.0 Å². The Morgan fingerprint density at radius 1 is 1.00 bits per heavy atom. The quantitative estimate of drug-likeness (QED) is 0.603. The largest absolute Gasteiger partial charge is 0.454 e. The molecule has 3 heterocycles. The number of anilines is 1. The van der Waals surface area contributed by atoms with E-state index >= 15 is 0 Å². The minimum atomic E-state index is -0.274. The van der Waals surface area contributed by atoms with E-state index in [4.69, 9.17) is 9.47 Å². The number of carbonyl (C=O) groups is 2. The van der Waals surface area contributed by atoms with Gasteiger partial charge >= 0.3 is 0 Å². The van der Waals surface area contributed by atoms with Gasteiger partial charge in [-0.3, -0.25) is 9.59 Å². The third-order valence-corrected chi connectivity index (χ3v) is 6.69. The molecule has 0 radical (unpaired) electrons. The lowest BCUT2D eigenvalue weighted by atomic mass is 10.1. The summed E-state index contributed by atoms with van der Waals surface area (Å²) in [5.41, 5.74) is 1.87. The first-order chi connectivity index (χ1) is 14.6. The van der Waals surface area contributed by atoms with Gasteiger partial charge in [0.1, 0.15) is 32.7 Å². The van der Waals surface area contributed by atoms with Crippen LogP contribution in [0.15, 0.2) is 46.9 Å². The van der Waals surface area contributed by atoms with Gasteiger partial charge in [-0.25, -0.2) is 4.90 Å². The summed E-state index contributed by atoms with van der Waals surface area (Å²) in [5, 5.41) is 0. The van der Waals surface area contributed by atoms with Crippen molar-refractivity contribution >= 4 is 33.4 Å². The van der Waals surface area contributed by atoms with E-state index in [1.54, 1.807) is 0 Å². The number of hydrogen-bond acceptors (Lipinski definition) is 4. The first kappa shape index (κ1) is 19.5. The lowest BCUT2D eigenvalue weighted by molar-refractivity contribution is -1.02. The van der Waals surface area contributed by atoms with Crippen molar-refractivity contribution in [2.24, 2.45) is 0 Å². The number of benzene rings is 2. The Morgan fingerprint density at radius 2 is 1.80 bits per heavy atom. The predicted molar refractivity (Wildman–Crippen MR) is 113 cm³/mol. The molecule has 156 valence electrons. The van der Waals surface area contributed by atoms with Gasteiger partial charge in [-0.1, -0.05) is 22.0 Å². The Kier molecular flexibility index (Phi) is 5.22. The molecule has 3 aliphatic heterocycles. The van der Waals surface area contributed by atoms with Gasteiger partial charge in [-0.05, 0) is 36.4 Å². The minimum Gasteiger partial charge on any atom is -0.454 e. The van der Waals surface area contributed by atoms with Crippen LogP contribution in [0, 0.1) is 0 Å². The first-order valence-corrected chi connectivity index (χ1v) is 11.1. The maximum atomic E-state index is 13.0. The van der Waals surface area contributed by atoms with Crippen molar-refractivity contribution in [3.05, 3.63) is 52.5 Å². The van der Waals surface area contributed by atoms with E-state index in [-0.39, 0.29) is 24.3 Å². The van der Waals surface area contributed by atoms with Crippen LogP contribution in [0.5, 0.6) is 11.5 Å². The van der Waals surface area contributed by atoms with Gasteiger partial charge in [0.05, 0.1) is 12.1 Å². The van der Waals surface area contributed by atoms with E-state index in [9.17, 15) is 9.59 Å². The van der Waals surface area contributed by atoms with Gasteiger partial charge in [-0.15, -0.1) is 0 Å². The number of hydrogen-bond donors (Lipinski definition) is 2. The van der Waals surface area contributed by atoms with Gasteiger partial charge in [-0.2, -0.15) is 0 Å². The fraction of sp³-hybridized carbons (Fsp3) is 0.364. The fourth-order valence-corrected chi connectivity index (χ4v) is 5.01. The average Bonchev–Trinajstić information content (AvgIpc) is 3.32. The van der Waals surface area contributed by atoms with Crippen LogP contribution in [0.25, 0.3) is 0 Å². The van der Waals surface area contributed by atoms with Crippen molar-refractivity contribution in [2.45, 2.75) is 19.0 Å². The molecule has 0 aliphatic carbocycles. The molecule has 2 amide bonds. The Bertz CT molecular complexity index is 990. The highest BCUT2D eigenvalue weighted by molar-refractivity contribution is 9.10. The highest BCUT2D eigenvalue weighted by Gasteiger charge is 2.47. The zero-order chi connectivity index (χ0) is 20.7. The van der Waals surface area contributed by atoms with Crippen LogP contribution in [0.4, 0.5) is 5.69 Å². The van der Waals surface area contributed by atoms with Crippen molar-refractivity contribution in [2.75, 3.05) is 37.9 Å². The monoisotopic (exact) mass is 473 g/mol. The molecule has 0 bridgehead atoms. The van der Waals surface area contributed by atoms with Crippen LogP contribution in [-0.2, 0) is 16.1 Å². The highest BCUT2D eigenvalue weighted by Crippen LogP contribution is 2.32. The van der Waals surface area contributed by atoms with E-state index in [1.807, 2.05) is 30.3 Å². The SMILES string of the molecule is O=C1C[C@H]([NH+]2CC[NH+](Cc3ccc4c(c3)OCO4)CC2)C(=O)N1c1cccc(Br)c1. The van der Waals surface area contributed by atoms with Crippen molar-refractivity contribution in [3.8, 4) is 11.5 Å². The van der Waals surface area contributed by atoms with E-state index in [0.29, 0.717) is 12.5 Å². The highest BCUT2D eigenvalue weighted by atomic mass is 79.9. The second-order valence-corrected chi connectivity index (χ2v) is 8.99. The predicted octanol–water partition coefficient (Wildman–Crippen LogP) is -0.207. The summed E-state index contributed by atoms with van der Waals surface area (Å²) in [6, 6.07) is 13.2. The number of amides is 2. The summed E-state index contributed by atoms with van der Waals surface area (Å²) in [6.07, 6.45) is 0.290. The summed E-state index contributed by atoms with van der Waals surface area (Å²) >= 11 is 3.42. The van der Waals surface area contributed by atoms with Crippen LogP contribution in [-0.4, -0.2) is 50.8 Å². The van der Waals surface area contributed by atoms with Crippen molar-refractivity contribution in [1.29, 1.82) is 0 Å². The normalized spacial score (nSPS) is 25.8. The number of quaternary nitrogens is 2. The van der Waals surface area contributed by atoms with Crippen molar-refractivity contribution in [3.63, 3.8) is 0 Å². The molecule has 5 rings (SSSR count). The molecule has 1 atom stereocenters. The maximum Gasteiger partial charge on any atom is 0.292 e. The Morgan fingerprint density at radius 3 is 2.60 bits per heavy atom. The Labute approximate surface area is 183 Å². The van der Waals surface area contributed by atoms with Crippen LogP contribution in [0.2, 0.25) is 0 Å². The third kappa shape index (κ3) is 3.71. The molecule has 3 aliphatic rings. The molecule has 2 aromatic carbocycles. The Hall–Kier alpha value is -2.42. The summed E-state index contributed by atoms with van der Waals surface area (Å²) in [6.45, 7) is 4.92. The summed E-state index contributed by atoms with van der Waals surface area (Å²) in [7, 11) is 0. The molecule has 7 nitrogen and oxygen atoms in total. The molecule has 0 unspecified atom stereocenters. The zero-order valence-corrected chi connectivity index (χ0v) is 18.1. The maximum absolute atomic E-state index is 13.0. The zero-order valence-electron chi connectivity index (χ0n) is 16.5. The summed E-state index contributed by atoms with van der Waals surface area (Å²) in [5.74, 6) is 1.44. The number of nitrogens with one attached hydrogen (secondary N) is 2. The number of nitrogens with zero attached hydrogens (tertiary/aromatic N) is 1. The van der Waals surface area contributed by atoms with E-state index in [2.05, 4.69) is 28.1 Å². The lowest BCUT2D eigenvalue weighted by Crippen LogP contribution is -3.29. The number of halogens is 1. The molecule has 2 aromatic rings. The van der Waals surface area contributed by atoms with Gasteiger partial charge in [0.15, 0.2) is 17.5 Å². The number of imide groups is 1. The minimum absolute atomic E-state index is 0.0766. The van der Waals surface area contributed by atoms with Crippen LogP contribution < -0.4 is 24.2 Å². The van der Waals surface area contributed by atoms with Gasteiger partial charge in [0.25, 0.3) is 5.91 Å². The molecule has 30 heavy (non-hydrogen) atoms. The second-order valence-electron chi connectivity index (χ2n) is 8.08. The molecule has 2 fully saturated rings. The van der Waals surface area contributed by atoms with E-state index < -0.39 is 0 Å². The Balaban J connectivity index is 1.20. The van der Waals surface area contributed by atoms with Gasteiger partial charge in [0.2, 0.25) is 12.7 Å². The molecule has 2 N–H and O–H groups in total. The number of fused-ring (bicyclic) bond motifs is 1. The van der Waals surface area contributed by atoms with Crippen molar-refractivity contribution < 1.29 is 28.9 Å². The molecule has 0 saturated carbocycles. The smallest absolute Gasteiger partial charge is 0.292 e. The molecule has 0 spiro atoms. The van der Waals surface area contributed by atoms with Gasteiger partial charge in [0, 0.05) is 10.0 Å². The molecule has 2 saturated heterocycles. The van der Waals surface area contributed by atoms with Gasteiger partial charge < -0.3 is 19.3 Å². The van der Waals surface area contributed by atoms with E-state index in [1.165, 1.54) is 20.3 Å². The number of rotatable bonds is 4. The standard InChI is InChI=1S/C22H22BrN3O4/c23-16-2-1-3-17(11-16)26-21(27)12-18(22(26)28)25-8-6-24(7-9-25)13-15-4-5-19-20(10-15)30-14-29-19/h1-5,10-11,18H,6-9,12-14H2/p+2/t18-/m0/s1. The van der Waals surface area contributed by atoms with Crippen molar-refractivity contribution in [1.82, 2.24) is 0 Å². The number of piperazine rings is 1. The summed E-state index contributed by atoms with van der Waals surface area (Å²) in [4.78, 5) is 29.7. The average molecular weight is 474 g/mol.